The van der Waals surface area contributed by atoms with Crippen LogP contribution >= 0.6 is 0 Å². The smallest absolute Gasteiger partial charge is 0.180 e. The van der Waals surface area contributed by atoms with Crippen molar-refractivity contribution in [2.24, 2.45) is 0 Å². The van der Waals surface area contributed by atoms with Crippen LogP contribution in [0.15, 0.2) is 18.3 Å². The molecular formula is C11H13N3O2. The zero-order valence-electron chi connectivity index (χ0n) is 9.09. The fourth-order valence-electron chi connectivity index (χ4n) is 1.92. The first kappa shape index (κ1) is 9.59. The van der Waals surface area contributed by atoms with Crippen molar-refractivity contribution in [2.45, 2.75) is 18.9 Å². The van der Waals surface area contributed by atoms with E-state index in [0.29, 0.717) is 0 Å². The molecule has 0 saturated carbocycles. The average molecular weight is 219 g/mol. The van der Waals surface area contributed by atoms with Crippen molar-refractivity contribution in [1.82, 2.24) is 14.6 Å². The van der Waals surface area contributed by atoms with Crippen LogP contribution in [-0.4, -0.2) is 28.3 Å². The van der Waals surface area contributed by atoms with Crippen molar-refractivity contribution in [3.05, 3.63) is 24.2 Å². The van der Waals surface area contributed by atoms with E-state index < -0.39 is 0 Å². The molecule has 1 unspecified atom stereocenters. The Labute approximate surface area is 93.0 Å². The van der Waals surface area contributed by atoms with Gasteiger partial charge in [-0.3, -0.25) is 0 Å². The summed E-state index contributed by atoms with van der Waals surface area (Å²) in [6.07, 6.45) is 3.98. The highest BCUT2D eigenvalue weighted by Gasteiger charge is 2.22. The summed E-state index contributed by atoms with van der Waals surface area (Å²) in [5, 5.41) is 4.40. The lowest BCUT2D eigenvalue weighted by Crippen LogP contribution is -1.98. The van der Waals surface area contributed by atoms with Crippen LogP contribution < -0.4 is 4.74 Å². The van der Waals surface area contributed by atoms with E-state index in [1.807, 2.05) is 18.3 Å². The van der Waals surface area contributed by atoms with Crippen molar-refractivity contribution in [2.75, 3.05) is 13.7 Å². The van der Waals surface area contributed by atoms with Crippen molar-refractivity contribution in [3.63, 3.8) is 0 Å². The molecule has 2 aromatic rings. The molecule has 5 heteroatoms. The summed E-state index contributed by atoms with van der Waals surface area (Å²) in [7, 11) is 1.64. The quantitative estimate of drug-likeness (QED) is 0.769. The third-order valence-electron chi connectivity index (χ3n) is 2.77. The van der Waals surface area contributed by atoms with Crippen LogP contribution in [-0.2, 0) is 4.74 Å². The summed E-state index contributed by atoms with van der Waals surface area (Å²) in [5.74, 6) is 1.54. The van der Waals surface area contributed by atoms with Crippen molar-refractivity contribution in [3.8, 4) is 5.75 Å². The van der Waals surface area contributed by atoms with Gasteiger partial charge in [-0.15, -0.1) is 5.10 Å². The first-order valence-corrected chi connectivity index (χ1v) is 5.39. The van der Waals surface area contributed by atoms with E-state index in [-0.39, 0.29) is 6.10 Å². The Balaban J connectivity index is 2.01. The molecule has 2 aromatic heterocycles. The number of pyridine rings is 1. The van der Waals surface area contributed by atoms with Crippen LogP contribution in [0.5, 0.6) is 5.75 Å². The van der Waals surface area contributed by atoms with E-state index in [9.17, 15) is 0 Å². The van der Waals surface area contributed by atoms with Crippen LogP contribution in [0.2, 0.25) is 0 Å². The number of hydrogen-bond acceptors (Lipinski definition) is 4. The summed E-state index contributed by atoms with van der Waals surface area (Å²) < 4.78 is 12.4. The van der Waals surface area contributed by atoms with Crippen molar-refractivity contribution < 1.29 is 9.47 Å². The Kier molecular flexibility index (Phi) is 2.25. The van der Waals surface area contributed by atoms with E-state index in [4.69, 9.17) is 9.47 Å². The summed E-state index contributed by atoms with van der Waals surface area (Å²) in [6, 6.07) is 3.77. The molecule has 0 spiro atoms. The van der Waals surface area contributed by atoms with E-state index in [0.717, 1.165) is 36.7 Å². The third-order valence-corrected chi connectivity index (χ3v) is 2.77. The summed E-state index contributed by atoms with van der Waals surface area (Å²) >= 11 is 0. The molecule has 0 aromatic carbocycles. The maximum Gasteiger partial charge on any atom is 0.180 e. The SMILES string of the molecule is COc1ccc2nc(C3CCCO3)nn2c1. The molecule has 1 aliphatic heterocycles. The molecular weight excluding hydrogens is 206 g/mol. The van der Waals surface area contributed by atoms with Gasteiger partial charge >= 0.3 is 0 Å². The monoisotopic (exact) mass is 219 g/mol. The fraction of sp³-hybridized carbons (Fsp3) is 0.455. The Morgan fingerprint density at radius 3 is 3.19 bits per heavy atom. The van der Waals surface area contributed by atoms with Gasteiger partial charge in [0.2, 0.25) is 0 Å². The second-order valence-electron chi connectivity index (χ2n) is 3.84. The predicted molar refractivity (Wildman–Crippen MR) is 57.5 cm³/mol. The molecule has 3 rings (SSSR count). The van der Waals surface area contributed by atoms with Gasteiger partial charge in [0.05, 0.1) is 13.3 Å². The molecule has 3 heterocycles. The molecule has 84 valence electrons. The Bertz CT molecular complexity index is 503. The maximum atomic E-state index is 5.56. The van der Waals surface area contributed by atoms with Gasteiger partial charge in [-0.25, -0.2) is 9.50 Å². The number of fused-ring (bicyclic) bond motifs is 1. The molecule has 16 heavy (non-hydrogen) atoms. The summed E-state index contributed by atoms with van der Waals surface area (Å²) in [5.41, 5.74) is 0.825. The molecule has 0 amide bonds. The summed E-state index contributed by atoms with van der Waals surface area (Å²) in [6.45, 7) is 0.809. The van der Waals surface area contributed by atoms with Gasteiger partial charge in [-0.2, -0.15) is 0 Å². The lowest BCUT2D eigenvalue weighted by Gasteiger charge is -2.01. The molecule has 1 atom stereocenters. The highest BCUT2D eigenvalue weighted by molar-refractivity contribution is 5.40. The van der Waals surface area contributed by atoms with Gasteiger partial charge in [0, 0.05) is 6.61 Å². The first-order chi connectivity index (χ1) is 7.86. The van der Waals surface area contributed by atoms with Crippen LogP contribution in [0.25, 0.3) is 5.65 Å². The number of rotatable bonds is 2. The lowest BCUT2D eigenvalue weighted by atomic mass is 10.2. The van der Waals surface area contributed by atoms with Crippen molar-refractivity contribution in [1.29, 1.82) is 0 Å². The van der Waals surface area contributed by atoms with Crippen LogP contribution in [0.1, 0.15) is 24.8 Å². The van der Waals surface area contributed by atoms with Gasteiger partial charge in [0.25, 0.3) is 0 Å². The van der Waals surface area contributed by atoms with E-state index in [1.54, 1.807) is 11.6 Å². The highest BCUT2D eigenvalue weighted by atomic mass is 16.5. The largest absolute Gasteiger partial charge is 0.495 e. The fourth-order valence-corrected chi connectivity index (χ4v) is 1.92. The minimum absolute atomic E-state index is 0.0610. The standard InChI is InChI=1S/C11H13N3O2/c1-15-8-4-5-10-12-11(13-14(10)7-8)9-3-2-6-16-9/h4-5,7,9H,2-3,6H2,1H3. The highest BCUT2D eigenvalue weighted by Crippen LogP contribution is 2.26. The minimum atomic E-state index is 0.0610. The van der Waals surface area contributed by atoms with Crippen LogP contribution in [0.4, 0.5) is 0 Å². The van der Waals surface area contributed by atoms with E-state index in [2.05, 4.69) is 10.1 Å². The zero-order valence-corrected chi connectivity index (χ0v) is 9.09. The number of hydrogen-bond donors (Lipinski definition) is 0. The minimum Gasteiger partial charge on any atom is -0.495 e. The number of ether oxygens (including phenoxy) is 2. The van der Waals surface area contributed by atoms with Gasteiger partial charge < -0.3 is 9.47 Å². The molecule has 0 radical (unpaired) electrons. The number of methoxy groups -OCH3 is 1. The lowest BCUT2D eigenvalue weighted by molar-refractivity contribution is 0.105. The van der Waals surface area contributed by atoms with Gasteiger partial charge in [-0.05, 0) is 25.0 Å². The predicted octanol–water partition coefficient (Wildman–Crippen LogP) is 1.59. The Morgan fingerprint density at radius 1 is 1.50 bits per heavy atom. The first-order valence-electron chi connectivity index (χ1n) is 5.39. The van der Waals surface area contributed by atoms with Crippen LogP contribution in [0, 0.1) is 0 Å². The second-order valence-corrected chi connectivity index (χ2v) is 3.84. The van der Waals surface area contributed by atoms with Crippen molar-refractivity contribution >= 4 is 5.65 Å². The number of aromatic nitrogens is 3. The molecule has 1 aliphatic rings. The molecule has 0 N–H and O–H groups in total. The maximum absolute atomic E-state index is 5.56. The molecule has 1 fully saturated rings. The molecule has 5 nitrogen and oxygen atoms in total. The molecule has 0 aliphatic carbocycles. The topological polar surface area (TPSA) is 48.7 Å². The third kappa shape index (κ3) is 1.53. The van der Waals surface area contributed by atoms with E-state index in [1.165, 1.54) is 0 Å². The Morgan fingerprint density at radius 2 is 2.44 bits per heavy atom. The second kappa shape index (κ2) is 3.75. The molecule has 0 bridgehead atoms. The Hall–Kier alpha value is -1.62. The zero-order chi connectivity index (χ0) is 11.0. The summed E-state index contributed by atoms with van der Waals surface area (Å²) in [4.78, 5) is 4.44. The average Bonchev–Trinajstić information content (AvgIpc) is 2.96. The van der Waals surface area contributed by atoms with Gasteiger partial charge in [0.1, 0.15) is 11.9 Å². The van der Waals surface area contributed by atoms with Crippen LogP contribution in [0.3, 0.4) is 0 Å². The number of nitrogens with zero attached hydrogens (tertiary/aromatic N) is 3. The normalized spacial score (nSPS) is 20.4. The van der Waals surface area contributed by atoms with Gasteiger partial charge in [0.15, 0.2) is 11.5 Å². The molecule has 1 saturated heterocycles. The van der Waals surface area contributed by atoms with Gasteiger partial charge in [-0.1, -0.05) is 0 Å². The van der Waals surface area contributed by atoms with E-state index >= 15 is 0 Å².